The Hall–Kier alpha value is -1.51. The average molecular weight is 176 g/mol. The van der Waals surface area contributed by atoms with E-state index in [0.29, 0.717) is 6.54 Å². The summed E-state index contributed by atoms with van der Waals surface area (Å²) < 4.78 is 0. The minimum atomic E-state index is -0.344. The first-order chi connectivity index (χ1) is 6.20. The van der Waals surface area contributed by atoms with Crippen LogP contribution in [0.4, 0.5) is 4.79 Å². The van der Waals surface area contributed by atoms with Gasteiger partial charge in [0, 0.05) is 6.54 Å². The Bertz CT molecular complexity index is 349. The molecule has 0 saturated heterocycles. The van der Waals surface area contributed by atoms with Gasteiger partial charge in [-0.15, -0.1) is 0 Å². The van der Waals surface area contributed by atoms with Crippen LogP contribution in [0.3, 0.4) is 0 Å². The third kappa shape index (κ3) is 1.16. The monoisotopic (exact) mass is 176 g/mol. The Balaban J connectivity index is 2.38. The van der Waals surface area contributed by atoms with Crippen LogP contribution in [0.15, 0.2) is 24.3 Å². The predicted molar refractivity (Wildman–Crippen MR) is 50.0 cm³/mol. The van der Waals surface area contributed by atoms with E-state index >= 15 is 0 Å². The van der Waals surface area contributed by atoms with Crippen LogP contribution in [0.5, 0.6) is 0 Å². The molecule has 0 saturated carbocycles. The first-order valence-electron chi connectivity index (χ1n) is 4.34. The minimum absolute atomic E-state index is 0.119. The standard InChI is InChI=1S/C10H12N2O/c1-7-9-5-3-2-4-8(9)6-12(7)10(11)13/h2-5,7H,6H2,1H3,(H2,11,13)/t7-/m0/s1. The van der Waals surface area contributed by atoms with Gasteiger partial charge in [0.15, 0.2) is 0 Å². The third-order valence-electron chi connectivity index (χ3n) is 2.60. The Morgan fingerprint density at radius 3 is 2.85 bits per heavy atom. The number of carbonyl (C=O) groups is 1. The fraction of sp³-hybridized carbons (Fsp3) is 0.300. The summed E-state index contributed by atoms with van der Waals surface area (Å²) in [5.74, 6) is 0. The van der Waals surface area contributed by atoms with Crippen LogP contribution >= 0.6 is 0 Å². The molecule has 0 bridgehead atoms. The van der Waals surface area contributed by atoms with Crippen molar-refractivity contribution in [3.8, 4) is 0 Å². The van der Waals surface area contributed by atoms with E-state index in [9.17, 15) is 4.79 Å². The molecule has 0 aliphatic carbocycles. The molecule has 2 rings (SSSR count). The van der Waals surface area contributed by atoms with Crippen LogP contribution in [-0.4, -0.2) is 10.9 Å². The second-order valence-corrected chi connectivity index (χ2v) is 3.34. The summed E-state index contributed by atoms with van der Waals surface area (Å²) in [6.07, 6.45) is 0. The van der Waals surface area contributed by atoms with Gasteiger partial charge in [-0.2, -0.15) is 0 Å². The first-order valence-corrected chi connectivity index (χ1v) is 4.34. The molecule has 68 valence electrons. The average Bonchev–Trinajstić information content (AvgIpc) is 2.45. The van der Waals surface area contributed by atoms with Crippen LogP contribution in [0.2, 0.25) is 0 Å². The van der Waals surface area contributed by atoms with Gasteiger partial charge >= 0.3 is 6.03 Å². The maximum absolute atomic E-state index is 11.0. The van der Waals surface area contributed by atoms with E-state index in [4.69, 9.17) is 5.73 Å². The maximum atomic E-state index is 11.0. The summed E-state index contributed by atoms with van der Waals surface area (Å²) in [4.78, 5) is 12.7. The number of hydrogen-bond donors (Lipinski definition) is 1. The van der Waals surface area contributed by atoms with Gasteiger partial charge in [0.25, 0.3) is 0 Å². The number of fused-ring (bicyclic) bond motifs is 1. The molecule has 0 radical (unpaired) electrons. The molecule has 1 heterocycles. The Morgan fingerprint density at radius 2 is 2.23 bits per heavy atom. The molecule has 1 atom stereocenters. The Kier molecular flexibility index (Phi) is 1.72. The van der Waals surface area contributed by atoms with Gasteiger partial charge in [-0.1, -0.05) is 24.3 Å². The van der Waals surface area contributed by atoms with E-state index in [2.05, 4.69) is 0 Å². The molecular weight excluding hydrogens is 164 g/mol. The predicted octanol–water partition coefficient (Wildman–Crippen LogP) is 1.64. The number of carbonyl (C=O) groups excluding carboxylic acids is 1. The van der Waals surface area contributed by atoms with Crippen molar-refractivity contribution in [2.75, 3.05) is 0 Å². The molecule has 2 amide bonds. The van der Waals surface area contributed by atoms with Gasteiger partial charge in [-0.05, 0) is 18.1 Å². The van der Waals surface area contributed by atoms with Crippen molar-refractivity contribution in [1.29, 1.82) is 0 Å². The highest BCUT2D eigenvalue weighted by Crippen LogP contribution is 2.32. The first kappa shape index (κ1) is 8.10. The van der Waals surface area contributed by atoms with E-state index in [1.807, 2.05) is 31.2 Å². The topological polar surface area (TPSA) is 46.3 Å². The smallest absolute Gasteiger partial charge is 0.315 e. The largest absolute Gasteiger partial charge is 0.351 e. The molecule has 0 fully saturated rings. The molecule has 2 N–H and O–H groups in total. The summed E-state index contributed by atoms with van der Waals surface area (Å²) in [6, 6.07) is 7.82. The van der Waals surface area contributed by atoms with Gasteiger partial charge in [-0.3, -0.25) is 0 Å². The van der Waals surface area contributed by atoms with Crippen LogP contribution in [0.1, 0.15) is 24.1 Å². The molecule has 1 aliphatic heterocycles. The molecule has 1 aromatic carbocycles. The lowest BCUT2D eigenvalue weighted by atomic mass is 10.1. The number of amides is 2. The second-order valence-electron chi connectivity index (χ2n) is 3.34. The number of benzene rings is 1. The Labute approximate surface area is 77.1 Å². The fourth-order valence-corrected chi connectivity index (χ4v) is 1.84. The molecule has 0 spiro atoms. The number of rotatable bonds is 0. The number of primary amides is 1. The van der Waals surface area contributed by atoms with Gasteiger partial charge in [-0.25, -0.2) is 4.79 Å². The highest BCUT2D eigenvalue weighted by atomic mass is 16.2. The SMILES string of the molecule is C[C@H]1c2ccccc2CN1C(N)=O. The van der Waals surface area contributed by atoms with E-state index in [-0.39, 0.29) is 12.1 Å². The van der Waals surface area contributed by atoms with E-state index in [0.717, 1.165) is 0 Å². The normalized spacial score (nSPS) is 20.1. The van der Waals surface area contributed by atoms with Crippen LogP contribution in [0.25, 0.3) is 0 Å². The zero-order chi connectivity index (χ0) is 9.42. The van der Waals surface area contributed by atoms with Crippen molar-refractivity contribution >= 4 is 6.03 Å². The summed E-state index contributed by atoms with van der Waals surface area (Å²) in [6.45, 7) is 2.64. The summed E-state index contributed by atoms with van der Waals surface area (Å²) >= 11 is 0. The van der Waals surface area contributed by atoms with E-state index in [1.54, 1.807) is 4.90 Å². The highest BCUT2D eigenvalue weighted by molar-refractivity contribution is 5.73. The van der Waals surface area contributed by atoms with E-state index in [1.165, 1.54) is 11.1 Å². The number of hydrogen-bond acceptors (Lipinski definition) is 1. The molecule has 0 unspecified atom stereocenters. The summed E-state index contributed by atoms with van der Waals surface area (Å²) in [7, 11) is 0. The lowest BCUT2D eigenvalue weighted by Gasteiger charge is -2.18. The number of urea groups is 1. The molecule has 13 heavy (non-hydrogen) atoms. The molecule has 0 aromatic heterocycles. The Morgan fingerprint density at radius 1 is 1.54 bits per heavy atom. The quantitative estimate of drug-likeness (QED) is 0.641. The highest BCUT2D eigenvalue weighted by Gasteiger charge is 2.28. The van der Waals surface area contributed by atoms with Crippen molar-refractivity contribution in [1.82, 2.24) is 4.90 Å². The lowest BCUT2D eigenvalue weighted by molar-refractivity contribution is 0.195. The molecule has 3 nitrogen and oxygen atoms in total. The third-order valence-corrected chi connectivity index (χ3v) is 2.60. The zero-order valence-corrected chi connectivity index (χ0v) is 7.53. The fourth-order valence-electron chi connectivity index (χ4n) is 1.84. The van der Waals surface area contributed by atoms with Crippen LogP contribution in [0, 0.1) is 0 Å². The summed E-state index contributed by atoms with van der Waals surface area (Å²) in [5, 5.41) is 0. The molecular formula is C10H12N2O. The number of nitrogens with zero attached hydrogens (tertiary/aromatic N) is 1. The van der Waals surface area contributed by atoms with Crippen LogP contribution < -0.4 is 5.73 Å². The van der Waals surface area contributed by atoms with Gasteiger partial charge in [0.05, 0.1) is 6.04 Å². The van der Waals surface area contributed by atoms with Crippen LogP contribution in [-0.2, 0) is 6.54 Å². The summed E-state index contributed by atoms with van der Waals surface area (Å²) in [5.41, 5.74) is 7.67. The number of nitrogens with two attached hydrogens (primary N) is 1. The molecule has 1 aliphatic rings. The minimum Gasteiger partial charge on any atom is -0.351 e. The van der Waals surface area contributed by atoms with Gasteiger partial charge in [0.2, 0.25) is 0 Å². The second kappa shape index (κ2) is 2.76. The zero-order valence-electron chi connectivity index (χ0n) is 7.53. The molecule has 3 heteroatoms. The van der Waals surface area contributed by atoms with E-state index < -0.39 is 0 Å². The van der Waals surface area contributed by atoms with Crippen molar-refractivity contribution in [2.45, 2.75) is 19.5 Å². The maximum Gasteiger partial charge on any atom is 0.315 e. The molecule has 1 aromatic rings. The van der Waals surface area contributed by atoms with Gasteiger partial charge < -0.3 is 10.6 Å². The van der Waals surface area contributed by atoms with Crippen molar-refractivity contribution in [3.05, 3.63) is 35.4 Å². The van der Waals surface area contributed by atoms with Crippen molar-refractivity contribution < 1.29 is 4.79 Å². The van der Waals surface area contributed by atoms with Crippen molar-refractivity contribution in [3.63, 3.8) is 0 Å². The van der Waals surface area contributed by atoms with Crippen molar-refractivity contribution in [2.24, 2.45) is 5.73 Å². The van der Waals surface area contributed by atoms with Gasteiger partial charge in [0.1, 0.15) is 0 Å². The lowest BCUT2D eigenvalue weighted by Crippen LogP contribution is -2.33.